The zero-order valence-corrected chi connectivity index (χ0v) is 28.6. The van der Waals surface area contributed by atoms with Gasteiger partial charge in [-0.2, -0.15) is 13.2 Å². The highest BCUT2D eigenvalue weighted by molar-refractivity contribution is 7.93. The van der Waals surface area contributed by atoms with Crippen LogP contribution in [0.5, 0.6) is 5.75 Å². The minimum absolute atomic E-state index is 0.0425. The number of halogens is 3. The third-order valence-electron chi connectivity index (χ3n) is 8.43. The van der Waals surface area contributed by atoms with E-state index in [-0.39, 0.29) is 31.1 Å². The average molecular weight is 692 g/mol. The number of hydrogen-bond acceptors (Lipinski definition) is 8. The number of para-hydroxylation sites is 1. The summed E-state index contributed by atoms with van der Waals surface area (Å²) in [6.45, 7) is 5.79. The van der Waals surface area contributed by atoms with Gasteiger partial charge in [0.25, 0.3) is 5.91 Å². The lowest BCUT2D eigenvalue weighted by Gasteiger charge is -2.27. The molecule has 0 bridgehead atoms. The molecule has 4 rings (SSSR count). The number of amides is 1. The van der Waals surface area contributed by atoms with Crippen LogP contribution in [0.15, 0.2) is 66.7 Å². The maximum atomic E-state index is 13.8. The van der Waals surface area contributed by atoms with Gasteiger partial charge in [-0.3, -0.25) is 9.10 Å². The lowest BCUT2D eigenvalue weighted by Crippen LogP contribution is -2.50. The fourth-order valence-electron chi connectivity index (χ4n) is 5.10. The van der Waals surface area contributed by atoms with E-state index in [1.165, 1.54) is 19.2 Å². The van der Waals surface area contributed by atoms with Crippen LogP contribution < -0.4 is 24.6 Å². The molecule has 0 unspecified atom stereocenters. The molecule has 3 aromatic rings. The number of sulfonamides is 1. The molecule has 1 aromatic heterocycles. The fraction of sp³-hybridized carbons (Fsp3) is 0.471. The van der Waals surface area contributed by atoms with E-state index in [1.54, 1.807) is 50.2 Å². The van der Waals surface area contributed by atoms with Crippen LogP contribution >= 0.6 is 0 Å². The number of aliphatic hydroxyl groups is 1. The van der Waals surface area contributed by atoms with Gasteiger partial charge >= 0.3 is 6.18 Å². The van der Waals surface area contributed by atoms with Crippen molar-refractivity contribution in [1.29, 1.82) is 0 Å². The van der Waals surface area contributed by atoms with Crippen LogP contribution in [0.25, 0.3) is 0 Å². The first kappa shape index (κ1) is 36.9. The van der Waals surface area contributed by atoms with Crippen molar-refractivity contribution in [3.63, 3.8) is 0 Å². The number of carbonyl (C=O) groups excluding carboxylic acids is 1. The molecule has 14 heteroatoms. The van der Waals surface area contributed by atoms with Crippen LogP contribution in [0.1, 0.15) is 48.7 Å². The molecular weight excluding hydrogens is 647 g/mol. The summed E-state index contributed by atoms with van der Waals surface area (Å²) < 4.78 is 72.5. The number of hydrogen-bond donors (Lipinski definition) is 3. The Balaban J connectivity index is 1.56. The number of aliphatic hydroxyl groups excluding tert-OH is 1. The summed E-state index contributed by atoms with van der Waals surface area (Å²) in [6, 6.07) is 15.7. The van der Waals surface area contributed by atoms with Crippen LogP contribution in [-0.2, 0) is 22.7 Å². The minimum atomic E-state index is -4.48. The standard InChI is InChI=1S/C34H44F3N5O5S/c1-22(2)48(45,46)42(5)32-17-25(16-31(40-32)41(4)20-26-14-23(26)3)33(44)39-29(21-47-28-12-7-6-8-13-28)30(43)19-38-18-24-10-9-11-27(15-24)34(35,36)37/h6-13,15-17,22-23,26,29-30,38,43H,14,18-21H2,1-5H3,(H,39,44)/t23-,26+,29-,30-/m0/s1. The number of benzene rings is 2. The largest absolute Gasteiger partial charge is 0.491 e. The van der Waals surface area contributed by atoms with Gasteiger partial charge in [0.2, 0.25) is 10.0 Å². The van der Waals surface area contributed by atoms with Crippen molar-refractivity contribution in [2.45, 2.75) is 57.3 Å². The number of anilines is 2. The Kier molecular flexibility index (Phi) is 12.0. The average Bonchev–Trinajstić information content (AvgIpc) is 3.75. The van der Waals surface area contributed by atoms with Crippen molar-refractivity contribution in [2.24, 2.45) is 11.8 Å². The van der Waals surface area contributed by atoms with E-state index >= 15 is 0 Å². The highest BCUT2D eigenvalue weighted by Gasteiger charge is 2.34. The number of ether oxygens (including phenoxy) is 1. The van der Waals surface area contributed by atoms with E-state index < -0.39 is 45.1 Å². The molecule has 48 heavy (non-hydrogen) atoms. The van der Waals surface area contributed by atoms with E-state index in [0.29, 0.717) is 35.5 Å². The molecule has 1 saturated carbocycles. The Hall–Kier alpha value is -3.88. The monoisotopic (exact) mass is 691 g/mol. The summed E-state index contributed by atoms with van der Waals surface area (Å²) in [6.07, 6.45) is -4.63. The van der Waals surface area contributed by atoms with Crippen LogP contribution in [0.2, 0.25) is 0 Å². The summed E-state index contributed by atoms with van der Waals surface area (Å²) >= 11 is 0. The van der Waals surface area contributed by atoms with E-state index in [4.69, 9.17) is 4.74 Å². The van der Waals surface area contributed by atoms with Gasteiger partial charge in [-0.15, -0.1) is 0 Å². The molecule has 3 N–H and O–H groups in total. The van der Waals surface area contributed by atoms with Crippen LogP contribution in [0, 0.1) is 11.8 Å². The summed E-state index contributed by atoms with van der Waals surface area (Å²) in [7, 11) is -0.534. The third kappa shape index (κ3) is 9.83. The van der Waals surface area contributed by atoms with Gasteiger partial charge in [-0.1, -0.05) is 43.3 Å². The first-order chi connectivity index (χ1) is 22.6. The number of nitrogens with zero attached hydrogens (tertiary/aromatic N) is 3. The van der Waals surface area contributed by atoms with Gasteiger partial charge in [0.15, 0.2) is 0 Å². The predicted octanol–water partition coefficient (Wildman–Crippen LogP) is 4.70. The van der Waals surface area contributed by atoms with Gasteiger partial charge in [0.05, 0.1) is 23.0 Å². The van der Waals surface area contributed by atoms with Crippen molar-refractivity contribution >= 4 is 27.6 Å². The highest BCUT2D eigenvalue weighted by Crippen LogP contribution is 2.39. The zero-order valence-electron chi connectivity index (χ0n) is 27.7. The lowest BCUT2D eigenvalue weighted by molar-refractivity contribution is -0.137. The third-order valence-corrected chi connectivity index (χ3v) is 10.6. The highest BCUT2D eigenvalue weighted by atomic mass is 32.2. The SMILES string of the molecule is CC(C)S(=O)(=O)N(C)c1cc(C(=O)N[C@@H](COc2ccccc2)[C@@H](O)CNCc2cccc(C(F)(F)F)c2)cc(N(C)C[C@H]2C[C@@H]2C)n1. The van der Waals surface area contributed by atoms with Gasteiger partial charge in [-0.25, -0.2) is 13.4 Å². The number of pyridine rings is 1. The summed E-state index contributed by atoms with van der Waals surface area (Å²) in [5.74, 6) is 1.43. The Morgan fingerprint density at radius 3 is 2.35 bits per heavy atom. The molecule has 0 radical (unpaired) electrons. The molecule has 0 saturated heterocycles. The molecule has 0 aliphatic heterocycles. The van der Waals surface area contributed by atoms with Crippen LogP contribution in [-0.4, -0.2) is 75.6 Å². The number of rotatable bonds is 16. The lowest BCUT2D eigenvalue weighted by atomic mass is 10.1. The number of carbonyl (C=O) groups is 1. The second-order valence-corrected chi connectivity index (χ2v) is 15.1. The van der Waals surface area contributed by atoms with Crippen molar-refractivity contribution in [1.82, 2.24) is 15.6 Å². The van der Waals surface area contributed by atoms with Gasteiger partial charge < -0.3 is 25.4 Å². The maximum Gasteiger partial charge on any atom is 0.416 e. The maximum absolute atomic E-state index is 13.8. The van der Waals surface area contributed by atoms with E-state index in [9.17, 15) is 31.5 Å². The molecule has 0 spiro atoms. The van der Waals surface area contributed by atoms with Crippen molar-refractivity contribution in [3.05, 3.63) is 83.4 Å². The first-order valence-electron chi connectivity index (χ1n) is 15.8. The van der Waals surface area contributed by atoms with Gasteiger partial charge in [0.1, 0.15) is 24.0 Å². The Labute approximate surface area is 280 Å². The topological polar surface area (TPSA) is 124 Å². The molecule has 1 amide bonds. The van der Waals surface area contributed by atoms with Gasteiger partial charge in [-0.05, 0) is 68.0 Å². The molecule has 1 fully saturated rings. The molecular formula is C34H44F3N5O5S. The van der Waals surface area contributed by atoms with Gasteiger partial charge in [0, 0.05) is 39.3 Å². The minimum Gasteiger partial charge on any atom is -0.491 e. The molecule has 2 aromatic carbocycles. The van der Waals surface area contributed by atoms with Crippen LogP contribution in [0.4, 0.5) is 24.8 Å². The predicted molar refractivity (Wildman–Crippen MR) is 180 cm³/mol. The second kappa shape index (κ2) is 15.6. The quantitative estimate of drug-likeness (QED) is 0.198. The normalized spacial score (nSPS) is 17.5. The second-order valence-electron chi connectivity index (χ2n) is 12.6. The van der Waals surface area contributed by atoms with Crippen LogP contribution in [0.3, 0.4) is 0 Å². The Bertz CT molecular complexity index is 1640. The van der Waals surface area contributed by atoms with Crippen molar-refractivity contribution in [3.8, 4) is 5.75 Å². The summed E-state index contributed by atoms with van der Waals surface area (Å²) in [4.78, 5) is 20.3. The zero-order chi connectivity index (χ0) is 35.2. The Morgan fingerprint density at radius 2 is 1.73 bits per heavy atom. The number of alkyl halides is 3. The molecule has 262 valence electrons. The number of nitrogens with one attached hydrogen (secondary N) is 2. The summed E-state index contributed by atoms with van der Waals surface area (Å²) in [5.41, 5.74) is -0.269. The van der Waals surface area contributed by atoms with Crippen molar-refractivity contribution < 1.29 is 36.2 Å². The molecule has 1 aliphatic rings. The molecule has 10 nitrogen and oxygen atoms in total. The molecule has 1 heterocycles. The van der Waals surface area contributed by atoms with E-state index in [1.807, 2.05) is 18.0 Å². The Morgan fingerprint density at radius 1 is 1.06 bits per heavy atom. The van der Waals surface area contributed by atoms with E-state index in [2.05, 4.69) is 22.5 Å². The summed E-state index contributed by atoms with van der Waals surface area (Å²) in [5, 5.41) is 16.2. The van der Waals surface area contributed by atoms with Crippen molar-refractivity contribution in [2.75, 3.05) is 43.0 Å². The van der Waals surface area contributed by atoms with E-state index in [0.717, 1.165) is 22.9 Å². The molecule has 1 aliphatic carbocycles. The number of aromatic nitrogens is 1. The fourth-order valence-corrected chi connectivity index (χ4v) is 6.09. The molecule has 4 atom stereocenters. The first-order valence-corrected chi connectivity index (χ1v) is 17.3. The smallest absolute Gasteiger partial charge is 0.416 e.